The number of carbonyl (C=O) groups is 1. The molecule has 2 bridgehead atoms. The molecule has 30 heavy (non-hydrogen) atoms. The lowest BCUT2D eigenvalue weighted by Crippen LogP contribution is -2.43. The first kappa shape index (κ1) is 21.6. The molecule has 0 aliphatic heterocycles. The lowest BCUT2D eigenvalue weighted by molar-refractivity contribution is -0.00815. The van der Waals surface area contributed by atoms with E-state index in [0.717, 1.165) is 30.2 Å². The van der Waals surface area contributed by atoms with Crippen molar-refractivity contribution in [2.45, 2.75) is 51.6 Å². The minimum atomic E-state index is -4.22. The van der Waals surface area contributed by atoms with E-state index in [2.05, 4.69) is 0 Å². The van der Waals surface area contributed by atoms with E-state index in [1.54, 1.807) is 0 Å². The van der Waals surface area contributed by atoms with Gasteiger partial charge in [-0.2, -0.15) is 8.42 Å². The number of halogens is 1. The molecule has 5 atom stereocenters. The molecule has 166 valence electrons. The second-order valence-electron chi connectivity index (χ2n) is 9.53. The zero-order valence-corrected chi connectivity index (χ0v) is 18.2. The molecular weight excluding hydrogens is 411 g/mol. The van der Waals surface area contributed by atoms with Crippen LogP contribution in [-0.4, -0.2) is 36.9 Å². The van der Waals surface area contributed by atoms with Gasteiger partial charge in [-0.25, -0.2) is 9.18 Å². The summed E-state index contributed by atoms with van der Waals surface area (Å²) in [6.07, 6.45) is 6.30. The van der Waals surface area contributed by atoms with E-state index < -0.39 is 39.9 Å². The third-order valence-corrected chi connectivity index (χ3v) is 8.12. The van der Waals surface area contributed by atoms with Crippen molar-refractivity contribution in [1.82, 2.24) is 0 Å². The van der Waals surface area contributed by atoms with Crippen LogP contribution in [0.3, 0.4) is 0 Å². The van der Waals surface area contributed by atoms with Gasteiger partial charge in [-0.3, -0.25) is 4.55 Å². The number of benzene rings is 1. The molecule has 0 spiro atoms. The Balaban J connectivity index is 1.45. The highest BCUT2D eigenvalue weighted by atomic mass is 32.2. The van der Waals surface area contributed by atoms with Crippen molar-refractivity contribution >= 4 is 16.1 Å². The van der Waals surface area contributed by atoms with Crippen LogP contribution >= 0.6 is 0 Å². The second kappa shape index (κ2) is 7.79. The van der Waals surface area contributed by atoms with Crippen molar-refractivity contribution < 1.29 is 31.6 Å². The van der Waals surface area contributed by atoms with Gasteiger partial charge in [0.2, 0.25) is 0 Å². The summed E-state index contributed by atoms with van der Waals surface area (Å²) in [6, 6.07) is 3.72. The van der Waals surface area contributed by atoms with Crippen molar-refractivity contribution in [3.8, 4) is 5.75 Å². The average molecular weight is 441 g/mol. The molecule has 5 unspecified atom stereocenters. The summed E-state index contributed by atoms with van der Waals surface area (Å²) in [6.45, 7) is 3.52. The Morgan fingerprint density at radius 3 is 2.67 bits per heavy atom. The molecule has 6 nitrogen and oxygen atoms in total. The number of rotatable bonds is 7. The molecule has 1 N–H and O–H groups in total. The molecule has 0 saturated heterocycles. The lowest BCUT2D eigenvalue weighted by atomic mass is 9.70. The molecule has 8 heteroatoms. The van der Waals surface area contributed by atoms with Crippen LogP contribution in [0.5, 0.6) is 5.75 Å². The van der Waals surface area contributed by atoms with Gasteiger partial charge in [-0.15, -0.1) is 0 Å². The van der Waals surface area contributed by atoms with E-state index >= 15 is 0 Å². The fraction of sp³-hybridized carbons (Fsp3) is 0.682. The van der Waals surface area contributed by atoms with Gasteiger partial charge in [-0.05, 0) is 81.4 Å². The molecule has 1 aromatic rings. The zero-order valence-electron chi connectivity index (χ0n) is 17.3. The molecule has 3 saturated carbocycles. The van der Waals surface area contributed by atoms with Crippen molar-refractivity contribution in [3.05, 3.63) is 29.6 Å². The van der Waals surface area contributed by atoms with E-state index in [4.69, 9.17) is 14.0 Å². The number of fused-ring (bicyclic) bond motifs is 5. The highest BCUT2D eigenvalue weighted by molar-refractivity contribution is 7.85. The van der Waals surface area contributed by atoms with Gasteiger partial charge in [-0.1, -0.05) is 6.42 Å². The quantitative estimate of drug-likeness (QED) is 0.507. The minimum Gasteiger partial charge on any atom is -0.484 e. The Morgan fingerprint density at radius 1 is 1.20 bits per heavy atom. The van der Waals surface area contributed by atoms with Gasteiger partial charge >= 0.3 is 5.97 Å². The van der Waals surface area contributed by atoms with Crippen LogP contribution in [0, 0.1) is 35.4 Å². The monoisotopic (exact) mass is 440 g/mol. The molecule has 3 fully saturated rings. The Hall–Kier alpha value is -1.67. The van der Waals surface area contributed by atoms with E-state index in [1.807, 2.05) is 13.8 Å². The SMILES string of the molecule is CC(C)(Oc1cc(C(=O)OCCS(=O)(=O)O)ccc1F)C1CC2CC1C1CCCC21. The maximum absolute atomic E-state index is 14.5. The summed E-state index contributed by atoms with van der Waals surface area (Å²) in [4.78, 5) is 12.2. The Bertz CT molecular complexity index is 928. The normalized spacial score (nSPS) is 30.3. The number of hydrogen-bond acceptors (Lipinski definition) is 5. The van der Waals surface area contributed by atoms with E-state index in [0.29, 0.717) is 11.8 Å². The standard InChI is InChI=1S/C22H29FO6S/c1-22(2,18-11-14-10-17(18)16-5-3-4-15(14)16)29-20-12-13(6-7-19(20)23)21(24)28-8-9-30(25,26)27/h6-7,12,14-18H,3-5,8-11H2,1-2H3,(H,25,26,27). The van der Waals surface area contributed by atoms with Crippen molar-refractivity contribution in [1.29, 1.82) is 0 Å². The fourth-order valence-electron chi connectivity index (χ4n) is 6.26. The van der Waals surface area contributed by atoms with Gasteiger partial charge in [0.05, 0.1) is 5.56 Å². The zero-order chi connectivity index (χ0) is 21.7. The number of ether oxygens (including phenoxy) is 2. The molecule has 0 aromatic heterocycles. The molecule has 0 amide bonds. The van der Waals surface area contributed by atoms with E-state index in [-0.39, 0.29) is 11.3 Å². The third kappa shape index (κ3) is 4.21. The number of esters is 1. The van der Waals surface area contributed by atoms with Crippen LogP contribution in [0.25, 0.3) is 0 Å². The lowest BCUT2D eigenvalue weighted by Gasteiger charge is -2.41. The predicted molar refractivity (Wildman–Crippen MR) is 108 cm³/mol. The van der Waals surface area contributed by atoms with Crippen LogP contribution in [0.15, 0.2) is 18.2 Å². The Labute approximate surface area is 176 Å². The Kier molecular flexibility index (Phi) is 5.60. The highest BCUT2D eigenvalue weighted by Gasteiger charge is 2.57. The Morgan fingerprint density at radius 2 is 1.93 bits per heavy atom. The van der Waals surface area contributed by atoms with Crippen LogP contribution in [0.4, 0.5) is 4.39 Å². The number of carbonyl (C=O) groups excluding carboxylic acids is 1. The maximum atomic E-state index is 14.5. The van der Waals surface area contributed by atoms with E-state index in [9.17, 15) is 17.6 Å². The van der Waals surface area contributed by atoms with Crippen molar-refractivity contribution in [2.75, 3.05) is 12.4 Å². The first-order valence-electron chi connectivity index (χ1n) is 10.7. The highest BCUT2D eigenvalue weighted by Crippen LogP contribution is 2.63. The van der Waals surface area contributed by atoms with Crippen LogP contribution in [0.1, 0.15) is 56.3 Å². The minimum absolute atomic E-state index is 0.00465. The van der Waals surface area contributed by atoms with Gasteiger partial charge in [0.25, 0.3) is 10.1 Å². The molecule has 0 radical (unpaired) electrons. The summed E-state index contributed by atoms with van der Waals surface area (Å²) in [7, 11) is -4.22. The summed E-state index contributed by atoms with van der Waals surface area (Å²) >= 11 is 0. The summed E-state index contributed by atoms with van der Waals surface area (Å²) < 4.78 is 55.7. The number of hydrogen-bond donors (Lipinski definition) is 1. The molecule has 3 aliphatic rings. The first-order valence-corrected chi connectivity index (χ1v) is 12.3. The molecule has 0 heterocycles. The topological polar surface area (TPSA) is 89.9 Å². The van der Waals surface area contributed by atoms with Crippen molar-refractivity contribution in [2.24, 2.45) is 29.6 Å². The fourth-order valence-corrected chi connectivity index (χ4v) is 6.55. The molecule has 3 aliphatic carbocycles. The van der Waals surface area contributed by atoms with Gasteiger partial charge < -0.3 is 9.47 Å². The second-order valence-corrected chi connectivity index (χ2v) is 11.1. The summed E-state index contributed by atoms with van der Waals surface area (Å²) in [5.74, 6) is 1.31. The smallest absolute Gasteiger partial charge is 0.338 e. The molecular formula is C22H29FO6S. The summed E-state index contributed by atoms with van der Waals surface area (Å²) in [5, 5.41) is 0. The van der Waals surface area contributed by atoms with Crippen LogP contribution < -0.4 is 4.74 Å². The van der Waals surface area contributed by atoms with Gasteiger partial charge in [0.1, 0.15) is 18.0 Å². The van der Waals surface area contributed by atoms with Gasteiger partial charge in [0, 0.05) is 5.92 Å². The maximum Gasteiger partial charge on any atom is 0.338 e. The largest absolute Gasteiger partial charge is 0.484 e. The van der Waals surface area contributed by atoms with Crippen LogP contribution in [-0.2, 0) is 14.9 Å². The average Bonchev–Trinajstić information content (AvgIpc) is 3.35. The molecule has 4 rings (SSSR count). The van der Waals surface area contributed by atoms with Gasteiger partial charge in [0.15, 0.2) is 11.6 Å². The third-order valence-electron chi connectivity index (χ3n) is 7.44. The van der Waals surface area contributed by atoms with Crippen molar-refractivity contribution in [3.63, 3.8) is 0 Å². The molecule has 1 aromatic carbocycles. The van der Waals surface area contributed by atoms with E-state index in [1.165, 1.54) is 37.8 Å². The first-order chi connectivity index (χ1) is 14.0. The summed E-state index contributed by atoms with van der Waals surface area (Å²) in [5.41, 5.74) is -0.497. The predicted octanol–water partition coefficient (Wildman–Crippen LogP) is 4.10. The van der Waals surface area contributed by atoms with Crippen LogP contribution in [0.2, 0.25) is 0 Å².